The first kappa shape index (κ1) is 28.9. The van der Waals surface area contributed by atoms with Crippen LogP contribution >= 0.6 is 22.7 Å². The largest absolute Gasteiger partial charge is 0.368 e. The molecule has 0 aliphatic carbocycles. The number of hydrogen-bond donors (Lipinski definition) is 2. The van der Waals surface area contributed by atoms with Gasteiger partial charge in [0.25, 0.3) is 0 Å². The Morgan fingerprint density at radius 2 is 1.20 bits per heavy atom. The molecule has 0 atom stereocenters. The maximum Gasteiger partial charge on any atom is 0.222 e. The van der Waals surface area contributed by atoms with Gasteiger partial charge in [-0.2, -0.15) is 9.97 Å². The van der Waals surface area contributed by atoms with Crippen molar-refractivity contribution in [3.05, 3.63) is 100 Å². The molecule has 8 rings (SSSR count). The van der Waals surface area contributed by atoms with Crippen molar-refractivity contribution in [3.8, 4) is 21.3 Å². The molecule has 0 unspecified atom stereocenters. The Morgan fingerprint density at radius 3 is 1.72 bits per heavy atom. The number of nitrogens with two attached hydrogens (primary N) is 2. The fraction of sp³-hybridized carbons (Fsp3) is 0.0690. The van der Waals surface area contributed by atoms with Crippen LogP contribution in [0.15, 0.2) is 77.6 Å². The van der Waals surface area contributed by atoms with E-state index in [1.807, 2.05) is 22.9 Å². The molecule has 0 saturated heterocycles. The molecule has 0 aliphatic rings. The molecule has 0 aliphatic heterocycles. The van der Waals surface area contributed by atoms with Gasteiger partial charge in [0, 0.05) is 22.7 Å². The standard InChI is InChI=1S/C15H11FN6S.C14H10FN7S/c16-10-5-2-1-4-9(10)8-22-14-13(20-21-22)12(18-15(17)19-14)11-6-3-7-23-11;15-9-4-2-1-3-8(9)7-22-12-10(20-21-22)11(18-14(16)19-12)13-17-5-6-23-13/h1-7H,8H2,(H2,17,18,19);1-6H,7H2,(H2,16,18,19). The summed E-state index contributed by atoms with van der Waals surface area (Å²) < 4.78 is 30.7. The number of rotatable bonds is 6. The lowest BCUT2D eigenvalue weighted by Gasteiger charge is -2.04. The van der Waals surface area contributed by atoms with Crippen molar-refractivity contribution < 1.29 is 8.78 Å². The second-order valence-corrected chi connectivity index (χ2v) is 11.5. The van der Waals surface area contributed by atoms with Gasteiger partial charge in [-0.05, 0) is 23.6 Å². The average molecular weight is 654 g/mol. The quantitative estimate of drug-likeness (QED) is 0.251. The van der Waals surface area contributed by atoms with Crippen LogP contribution in [0.25, 0.3) is 43.6 Å². The summed E-state index contributed by atoms with van der Waals surface area (Å²) in [6.07, 6.45) is 1.67. The highest BCUT2D eigenvalue weighted by Gasteiger charge is 2.18. The smallest absolute Gasteiger partial charge is 0.222 e. The topological polar surface area (TPSA) is 178 Å². The summed E-state index contributed by atoms with van der Waals surface area (Å²) in [6.45, 7) is 0.431. The van der Waals surface area contributed by atoms with Crippen LogP contribution in [0.2, 0.25) is 0 Å². The molecule has 4 N–H and O–H groups in total. The van der Waals surface area contributed by atoms with Crippen molar-refractivity contribution in [2.45, 2.75) is 13.1 Å². The number of aromatic nitrogens is 11. The molecule has 6 heterocycles. The molecule has 8 aromatic rings. The highest BCUT2D eigenvalue weighted by atomic mass is 32.1. The molecular weight excluding hydrogens is 633 g/mol. The van der Waals surface area contributed by atoms with Crippen molar-refractivity contribution >= 4 is 56.9 Å². The third kappa shape index (κ3) is 5.71. The van der Waals surface area contributed by atoms with Gasteiger partial charge in [-0.1, -0.05) is 52.9 Å². The van der Waals surface area contributed by atoms with E-state index in [4.69, 9.17) is 11.5 Å². The minimum absolute atomic E-state index is 0.0970. The number of benzene rings is 2. The number of thiophene rings is 1. The first-order chi connectivity index (χ1) is 22.4. The van der Waals surface area contributed by atoms with E-state index in [1.54, 1.807) is 42.6 Å². The van der Waals surface area contributed by atoms with E-state index in [9.17, 15) is 8.78 Å². The highest BCUT2D eigenvalue weighted by molar-refractivity contribution is 7.13. The van der Waals surface area contributed by atoms with Gasteiger partial charge >= 0.3 is 0 Å². The minimum Gasteiger partial charge on any atom is -0.368 e. The van der Waals surface area contributed by atoms with E-state index in [2.05, 4.69) is 45.5 Å². The van der Waals surface area contributed by atoms with Crippen LogP contribution in [0.5, 0.6) is 0 Å². The summed E-state index contributed by atoms with van der Waals surface area (Å²) in [6, 6.07) is 16.9. The zero-order valence-corrected chi connectivity index (χ0v) is 25.2. The summed E-state index contributed by atoms with van der Waals surface area (Å²) in [5, 5.41) is 20.9. The molecule has 0 spiro atoms. The van der Waals surface area contributed by atoms with Gasteiger partial charge < -0.3 is 11.5 Å². The van der Waals surface area contributed by atoms with Gasteiger partial charge in [0.2, 0.25) is 11.9 Å². The predicted octanol–water partition coefficient (Wildman–Crippen LogP) is 4.83. The zero-order valence-electron chi connectivity index (χ0n) is 23.6. The minimum atomic E-state index is -0.307. The Labute approximate surface area is 266 Å². The van der Waals surface area contributed by atoms with Crippen LogP contribution in [0.4, 0.5) is 20.7 Å². The third-order valence-electron chi connectivity index (χ3n) is 6.71. The highest BCUT2D eigenvalue weighted by Crippen LogP contribution is 2.29. The summed E-state index contributed by atoms with van der Waals surface area (Å²) in [5.41, 5.74) is 15.8. The average Bonchev–Trinajstić information content (AvgIpc) is 3.88. The molecule has 17 heteroatoms. The molecule has 0 saturated carbocycles. The van der Waals surface area contributed by atoms with Crippen LogP contribution in [0, 0.1) is 11.6 Å². The molecule has 0 bridgehead atoms. The lowest BCUT2D eigenvalue weighted by atomic mass is 10.2. The lowest BCUT2D eigenvalue weighted by molar-refractivity contribution is 0.582. The molecule has 0 radical (unpaired) electrons. The van der Waals surface area contributed by atoms with Crippen LogP contribution in [-0.4, -0.2) is 54.9 Å². The molecule has 13 nitrogen and oxygen atoms in total. The molecule has 2 aromatic carbocycles. The summed E-state index contributed by atoms with van der Waals surface area (Å²) in [5.74, 6) is -0.368. The Kier molecular flexibility index (Phi) is 7.73. The Balaban J connectivity index is 0.000000147. The van der Waals surface area contributed by atoms with Crippen molar-refractivity contribution in [1.82, 2.24) is 54.9 Å². The van der Waals surface area contributed by atoms with Crippen molar-refractivity contribution in [2.24, 2.45) is 0 Å². The lowest BCUT2D eigenvalue weighted by Crippen LogP contribution is -2.06. The number of hydrogen-bond acceptors (Lipinski definition) is 13. The second-order valence-electron chi connectivity index (χ2n) is 9.70. The van der Waals surface area contributed by atoms with E-state index in [0.717, 1.165) is 4.88 Å². The van der Waals surface area contributed by atoms with E-state index in [1.165, 1.54) is 44.2 Å². The monoisotopic (exact) mass is 653 g/mol. The number of thiazole rings is 1. The van der Waals surface area contributed by atoms with Crippen molar-refractivity contribution in [1.29, 1.82) is 0 Å². The van der Waals surface area contributed by atoms with E-state index in [0.29, 0.717) is 49.9 Å². The number of nitrogen functional groups attached to an aromatic ring is 2. The molecule has 228 valence electrons. The van der Waals surface area contributed by atoms with Crippen LogP contribution in [0.3, 0.4) is 0 Å². The molecule has 0 fully saturated rings. The van der Waals surface area contributed by atoms with Gasteiger partial charge in [0.1, 0.15) is 28.0 Å². The summed E-state index contributed by atoms with van der Waals surface area (Å²) >= 11 is 2.95. The Morgan fingerprint density at radius 1 is 0.630 bits per heavy atom. The Bertz CT molecular complexity index is 2120. The van der Waals surface area contributed by atoms with Crippen LogP contribution < -0.4 is 11.5 Å². The van der Waals surface area contributed by atoms with Crippen LogP contribution in [-0.2, 0) is 13.1 Å². The van der Waals surface area contributed by atoms with Gasteiger partial charge in [0.15, 0.2) is 22.3 Å². The maximum absolute atomic E-state index is 13.8. The normalized spacial score (nSPS) is 11.2. The van der Waals surface area contributed by atoms with Crippen LogP contribution in [0.1, 0.15) is 11.1 Å². The fourth-order valence-electron chi connectivity index (χ4n) is 4.61. The van der Waals surface area contributed by atoms with Gasteiger partial charge in [-0.3, -0.25) is 0 Å². The first-order valence-electron chi connectivity index (χ1n) is 13.6. The number of halogens is 2. The van der Waals surface area contributed by atoms with Crippen molar-refractivity contribution in [2.75, 3.05) is 11.5 Å². The zero-order chi connectivity index (χ0) is 31.6. The molecule has 0 amide bonds. The van der Waals surface area contributed by atoms with E-state index >= 15 is 0 Å². The van der Waals surface area contributed by atoms with E-state index in [-0.39, 0.29) is 36.6 Å². The first-order valence-corrected chi connectivity index (χ1v) is 15.3. The number of anilines is 2. The summed E-state index contributed by atoms with van der Waals surface area (Å²) in [7, 11) is 0. The Hall–Kier alpha value is -5.81. The summed E-state index contributed by atoms with van der Waals surface area (Å²) in [4.78, 5) is 22.0. The van der Waals surface area contributed by atoms with Crippen molar-refractivity contribution in [3.63, 3.8) is 0 Å². The molecule has 6 aromatic heterocycles. The fourth-order valence-corrected chi connectivity index (χ4v) is 5.95. The third-order valence-corrected chi connectivity index (χ3v) is 8.36. The van der Waals surface area contributed by atoms with Gasteiger partial charge in [-0.15, -0.1) is 32.9 Å². The SMILES string of the molecule is Nc1nc(-c2cccs2)c2nnn(Cc3ccccc3F)c2n1.Nc1nc(-c2nccs2)c2nnn(Cc3ccccc3F)c2n1. The van der Waals surface area contributed by atoms with Gasteiger partial charge in [0.05, 0.1) is 18.0 Å². The van der Waals surface area contributed by atoms with E-state index < -0.39 is 0 Å². The van der Waals surface area contributed by atoms with Gasteiger partial charge in [-0.25, -0.2) is 33.1 Å². The second kappa shape index (κ2) is 12.3. The maximum atomic E-state index is 13.8. The predicted molar refractivity (Wildman–Crippen MR) is 170 cm³/mol. The number of fused-ring (bicyclic) bond motifs is 2. The molecular formula is C29H21F2N13S2. The molecule has 46 heavy (non-hydrogen) atoms. The number of nitrogens with zero attached hydrogens (tertiary/aromatic N) is 11.